The van der Waals surface area contributed by atoms with Crippen molar-refractivity contribution in [3.63, 3.8) is 0 Å². The fraction of sp³-hybridized carbons (Fsp3) is 0.241. The molecule has 36 heavy (non-hydrogen) atoms. The van der Waals surface area contributed by atoms with Crippen molar-refractivity contribution >= 4 is 5.91 Å². The van der Waals surface area contributed by atoms with E-state index in [0.29, 0.717) is 48.4 Å². The first-order chi connectivity index (χ1) is 17.4. The Morgan fingerprint density at radius 3 is 1.92 bits per heavy atom. The summed E-state index contributed by atoms with van der Waals surface area (Å²) < 4.78 is 42.2. The van der Waals surface area contributed by atoms with Crippen LogP contribution in [0.4, 0.5) is 13.2 Å². The fourth-order valence-electron chi connectivity index (χ4n) is 4.78. The van der Waals surface area contributed by atoms with Gasteiger partial charge in [-0.05, 0) is 61.1 Å². The van der Waals surface area contributed by atoms with Gasteiger partial charge >= 0.3 is 6.18 Å². The van der Waals surface area contributed by atoms with Crippen LogP contribution < -0.4 is 0 Å². The number of halogens is 3. The number of hydrogen-bond acceptors (Lipinski definition) is 2. The molecule has 0 saturated carbocycles. The van der Waals surface area contributed by atoms with Crippen molar-refractivity contribution in [3.8, 4) is 5.69 Å². The minimum absolute atomic E-state index is 0.146. The maximum atomic E-state index is 13.6. The molecule has 4 aromatic rings. The molecule has 0 N–H and O–H groups in total. The van der Waals surface area contributed by atoms with Crippen molar-refractivity contribution < 1.29 is 18.0 Å². The van der Waals surface area contributed by atoms with E-state index in [4.69, 9.17) is 0 Å². The zero-order chi connectivity index (χ0) is 25.1. The summed E-state index contributed by atoms with van der Waals surface area (Å²) in [5.41, 5.74) is 3.14. The lowest BCUT2D eigenvalue weighted by atomic mass is 9.95. The number of fused-ring (bicyclic) bond motifs is 1. The lowest BCUT2D eigenvalue weighted by Crippen LogP contribution is -2.30. The minimum atomic E-state index is -4.49. The minimum Gasteiger partial charge on any atom is -0.330 e. The first-order valence-electron chi connectivity index (χ1n) is 12.1. The molecule has 1 aliphatic rings. The highest BCUT2D eigenvalue weighted by Crippen LogP contribution is 2.36. The molecule has 5 rings (SSSR count). The van der Waals surface area contributed by atoms with Gasteiger partial charge in [0.25, 0.3) is 5.91 Å². The number of nitrogens with zero attached hydrogens (tertiary/aromatic N) is 3. The highest BCUT2D eigenvalue weighted by Gasteiger charge is 2.39. The van der Waals surface area contributed by atoms with Crippen LogP contribution in [0.1, 0.15) is 51.3 Å². The van der Waals surface area contributed by atoms with Gasteiger partial charge in [0.1, 0.15) is 0 Å². The molecule has 0 atom stereocenters. The van der Waals surface area contributed by atoms with Gasteiger partial charge in [0.2, 0.25) is 0 Å². The third kappa shape index (κ3) is 5.05. The summed E-state index contributed by atoms with van der Waals surface area (Å²) >= 11 is 0. The van der Waals surface area contributed by atoms with Crippen molar-refractivity contribution in [2.24, 2.45) is 0 Å². The number of carbonyl (C=O) groups excluding carboxylic acids is 1. The molecule has 1 aromatic heterocycles. The first-order valence-corrected chi connectivity index (χ1v) is 12.1. The summed E-state index contributed by atoms with van der Waals surface area (Å²) in [5.74, 6) is -0.146. The Hall–Kier alpha value is -3.87. The van der Waals surface area contributed by atoms with E-state index in [1.165, 1.54) is 4.68 Å². The number of benzene rings is 3. The standard InChI is InChI=1S/C29H26F3N3O/c30-29(31,32)27-25-13-7-8-14-26(25)35(33-27)24-17-15-23(16-18-24)28(36)34(19-21-9-3-1-4-10-21)20-22-11-5-2-6-12-22/h1-6,9-12,15-18H,7-8,13-14,19-20H2. The number of rotatable bonds is 6. The molecule has 184 valence electrons. The Balaban J connectivity index is 1.43. The maximum absolute atomic E-state index is 13.6. The van der Waals surface area contributed by atoms with Crippen LogP contribution in [0.5, 0.6) is 0 Å². The van der Waals surface area contributed by atoms with Crippen LogP contribution >= 0.6 is 0 Å². The van der Waals surface area contributed by atoms with E-state index >= 15 is 0 Å². The molecule has 0 radical (unpaired) electrons. The van der Waals surface area contributed by atoms with Crippen molar-refractivity contribution in [2.45, 2.75) is 44.9 Å². The van der Waals surface area contributed by atoms with Crippen LogP contribution in [0.15, 0.2) is 84.9 Å². The second-order valence-electron chi connectivity index (χ2n) is 9.07. The van der Waals surface area contributed by atoms with Crippen LogP contribution in [-0.4, -0.2) is 20.6 Å². The zero-order valence-electron chi connectivity index (χ0n) is 19.7. The number of alkyl halides is 3. The van der Waals surface area contributed by atoms with Gasteiger partial charge in [0, 0.05) is 29.9 Å². The van der Waals surface area contributed by atoms with Gasteiger partial charge in [0.05, 0.1) is 5.69 Å². The number of amides is 1. The van der Waals surface area contributed by atoms with E-state index in [9.17, 15) is 18.0 Å². The van der Waals surface area contributed by atoms with Gasteiger partial charge in [-0.25, -0.2) is 4.68 Å². The normalized spacial score (nSPS) is 13.3. The lowest BCUT2D eigenvalue weighted by Gasteiger charge is -2.23. The van der Waals surface area contributed by atoms with Crippen LogP contribution in [0.25, 0.3) is 5.69 Å². The van der Waals surface area contributed by atoms with Gasteiger partial charge in [-0.15, -0.1) is 0 Å². The third-order valence-corrected chi connectivity index (χ3v) is 6.53. The molecular formula is C29H26F3N3O. The SMILES string of the molecule is O=C(c1ccc(-n2nc(C(F)(F)F)c3c2CCCC3)cc1)N(Cc1ccccc1)Cc1ccccc1. The highest BCUT2D eigenvalue weighted by molar-refractivity contribution is 5.94. The van der Waals surface area contributed by atoms with Gasteiger partial charge in [0.15, 0.2) is 5.69 Å². The van der Waals surface area contributed by atoms with E-state index in [1.807, 2.05) is 60.7 Å². The Morgan fingerprint density at radius 1 is 0.806 bits per heavy atom. The summed E-state index contributed by atoms with van der Waals surface area (Å²) in [5, 5.41) is 3.95. The Labute approximate surface area is 208 Å². The molecular weight excluding hydrogens is 463 g/mol. The fourth-order valence-corrected chi connectivity index (χ4v) is 4.78. The van der Waals surface area contributed by atoms with Crippen LogP contribution in [0.3, 0.4) is 0 Å². The molecule has 4 nitrogen and oxygen atoms in total. The largest absolute Gasteiger partial charge is 0.435 e. The number of aromatic nitrogens is 2. The predicted octanol–water partition coefficient (Wildman–Crippen LogP) is 6.61. The average molecular weight is 490 g/mol. The molecule has 3 aromatic carbocycles. The molecule has 1 aliphatic carbocycles. The first kappa shape index (κ1) is 23.9. The smallest absolute Gasteiger partial charge is 0.330 e. The number of carbonyl (C=O) groups is 1. The summed E-state index contributed by atoms with van der Waals surface area (Å²) in [6, 6.07) is 26.2. The second-order valence-corrected chi connectivity index (χ2v) is 9.07. The van der Waals surface area contributed by atoms with E-state index < -0.39 is 11.9 Å². The van der Waals surface area contributed by atoms with Crippen LogP contribution in [0.2, 0.25) is 0 Å². The Bertz CT molecular complexity index is 1290. The molecule has 0 aliphatic heterocycles. The van der Waals surface area contributed by atoms with E-state index in [-0.39, 0.29) is 5.91 Å². The van der Waals surface area contributed by atoms with Crippen LogP contribution in [-0.2, 0) is 32.1 Å². The van der Waals surface area contributed by atoms with E-state index in [2.05, 4.69) is 5.10 Å². The van der Waals surface area contributed by atoms with Crippen LogP contribution in [0, 0.1) is 0 Å². The van der Waals surface area contributed by atoms with Crippen molar-refractivity contribution in [1.29, 1.82) is 0 Å². The zero-order valence-corrected chi connectivity index (χ0v) is 19.7. The average Bonchev–Trinajstić information content (AvgIpc) is 3.30. The van der Waals surface area contributed by atoms with Crippen molar-refractivity contribution in [1.82, 2.24) is 14.7 Å². The quantitative estimate of drug-likeness (QED) is 0.306. The van der Waals surface area contributed by atoms with E-state index in [0.717, 1.165) is 24.0 Å². The van der Waals surface area contributed by atoms with Crippen molar-refractivity contribution in [3.05, 3.63) is 119 Å². The highest BCUT2D eigenvalue weighted by atomic mass is 19.4. The lowest BCUT2D eigenvalue weighted by molar-refractivity contribution is -0.142. The molecule has 1 amide bonds. The monoisotopic (exact) mass is 489 g/mol. The van der Waals surface area contributed by atoms with Gasteiger partial charge in [-0.2, -0.15) is 18.3 Å². The van der Waals surface area contributed by atoms with E-state index in [1.54, 1.807) is 29.2 Å². The Morgan fingerprint density at radius 2 is 1.36 bits per heavy atom. The topological polar surface area (TPSA) is 38.1 Å². The molecule has 0 fully saturated rings. The summed E-state index contributed by atoms with van der Waals surface area (Å²) in [6.45, 7) is 0.885. The molecule has 0 spiro atoms. The third-order valence-electron chi connectivity index (χ3n) is 6.53. The van der Waals surface area contributed by atoms with Gasteiger partial charge in [-0.1, -0.05) is 60.7 Å². The summed E-state index contributed by atoms with van der Waals surface area (Å²) in [7, 11) is 0. The van der Waals surface area contributed by atoms with Crippen molar-refractivity contribution in [2.75, 3.05) is 0 Å². The Kier molecular flexibility index (Phi) is 6.63. The molecule has 0 bridgehead atoms. The summed E-state index contributed by atoms with van der Waals surface area (Å²) in [6.07, 6.45) is -1.98. The maximum Gasteiger partial charge on any atom is 0.435 e. The molecule has 0 saturated heterocycles. The molecule has 1 heterocycles. The predicted molar refractivity (Wildman–Crippen MR) is 132 cm³/mol. The second kappa shape index (κ2) is 10.0. The van der Waals surface area contributed by atoms with Gasteiger partial charge in [-0.3, -0.25) is 4.79 Å². The van der Waals surface area contributed by atoms with Gasteiger partial charge < -0.3 is 4.90 Å². The number of hydrogen-bond donors (Lipinski definition) is 0. The molecule has 0 unspecified atom stereocenters. The molecule has 7 heteroatoms. The summed E-state index contributed by atoms with van der Waals surface area (Å²) in [4.78, 5) is 15.3.